The molecule has 12 nitrogen and oxygen atoms in total. The number of esters is 3. The van der Waals surface area contributed by atoms with E-state index in [0.29, 0.717) is 53.6 Å². The smallest absolute Gasteiger partial charge is 0.357 e. The Morgan fingerprint density at radius 3 is 0.926 bits per heavy atom. The molecule has 0 N–H and O–H groups in total. The fourth-order valence-corrected chi connectivity index (χ4v) is 9.31. The number of aromatic nitrogens is 3. The molecule has 0 saturated carbocycles. The minimum Gasteiger partial charge on any atom is -0.474 e. The molecule has 0 spiro atoms. The third kappa shape index (κ3) is 15.8. The largest absolute Gasteiger partial charge is 0.474 e. The molecule has 0 radical (unpaired) electrons. The maximum Gasteiger partial charge on any atom is 0.357 e. The summed E-state index contributed by atoms with van der Waals surface area (Å²) in [4.78, 5) is 49.4. The molecule has 9 rings (SSSR count). The van der Waals surface area contributed by atoms with E-state index in [1.165, 1.54) is 60.9 Å². The molecule has 6 heterocycles. The number of pyridine rings is 3. The van der Waals surface area contributed by atoms with E-state index in [1.54, 1.807) is 20.8 Å². The number of rotatable bonds is 12. The van der Waals surface area contributed by atoms with Crippen molar-refractivity contribution in [3.05, 3.63) is 141 Å². The minimum absolute atomic E-state index is 0.0293. The van der Waals surface area contributed by atoms with Crippen LogP contribution in [0.5, 0.6) is 17.6 Å². The first kappa shape index (κ1) is 63.0. The van der Waals surface area contributed by atoms with Gasteiger partial charge < -0.3 is 28.4 Å². The van der Waals surface area contributed by atoms with Crippen LogP contribution < -0.4 is 14.2 Å². The van der Waals surface area contributed by atoms with E-state index >= 15 is 0 Å². The van der Waals surface area contributed by atoms with E-state index in [2.05, 4.69) is 15.0 Å². The van der Waals surface area contributed by atoms with Crippen LogP contribution in [0.15, 0.2) is 72.8 Å². The van der Waals surface area contributed by atoms with E-state index in [1.807, 2.05) is 41.5 Å². The second kappa shape index (κ2) is 29.0. The van der Waals surface area contributed by atoms with Crippen LogP contribution >= 0.6 is 12.1 Å². The zero-order valence-electron chi connectivity index (χ0n) is 46.8. The lowest BCUT2D eigenvalue weighted by Crippen LogP contribution is -2.29. The number of benzene rings is 3. The molecule has 3 aliphatic rings. The summed E-state index contributed by atoms with van der Waals surface area (Å²) in [6.45, 7) is 18.0. The van der Waals surface area contributed by atoms with Crippen molar-refractivity contribution in [2.45, 2.75) is 119 Å². The van der Waals surface area contributed by atoms with Gasteiger partial charge in [0.25, 0.3) is 0 Å². The highest BCUT2D eigenvalue weighted by Gasteiger charge is 2.32. The van der Waals surface area contributed by atoms with Gasteiger partial charge >= 0.3 is 17.9 Å². The molecule has 3 aliphatic heterocycles. The van der Waals surface area contributed by atoms with E-state index < -0.39 is 52.8 Å². The quantitative estimate of drug-likeness (QED) is 0.0651. The molecule has 20 heteroatoms. The van der Waals surface area contributed by atoms with Gasteiger partial charge in [-0.15, -0.1) is 0 Å². The van der Waals surface area contributed by atoms with Crippen LogP contribution in [-0.4, -0.2) is 77.2 Å². The molecule has 0 bridgehead atoms. The fraction of sp³-hybridized carbons (Fsp3) is 0.410. The average molecular weight is 1150 g/mol. The number of ether oxygens (including phenoxy) is 6. The Morgan fingerprint density at radius 2 is 0.716 bits per heavy atom. The lowest BCUT2D eigenvalue weighted by molar-refractivity contribution is 0.0506. The second-order valence-electron chi connectivity index (χ2n) is 20.0. The van der Waals surface area contributed by atoms with Gasteiger partial charge in [-0.3, -0.25) is 0 Å². The van der Waals surface area contributed by atoms with Crippen molar-refractivity contribution < 1.29 is 73.0 Å². The van der Waals surface area contributed by atoms with Gasteiger partial charge in [0.1, 0.15) is 53.2 Å². The van der Waals surface area contributed by atoms with Crippen molar-refractivity contribution in [2.75, 3.05) is 26.1 Å². The van der Waals surface area contributed by atoms with Crippen LogP contribution in [0, 0.1) is 52.7 Å². The molecule has 0 saturated heterocycles. The molecule has 3 aromatic heterocycles. The van der Waals surface area contributed by atoms with Crippen molar-refractivity contribution in [1.29, 1.82) is 0 Å². The van der Waals surface area contributed by atoms with Gasteiger partial charge in [-0.25, -0.2) is 55.7 Å². The number of carbonyl (C=O) groups is 3. The number of hydrogen-bond donors (Lipinski definition) is 0. The van der Waals surface area contributed by atoms with Crippen molar-refractivity contribution >= 4 is 30.1 Å². The molecule has 3 aromatic carbocycles. The molecule has 1 unspecified atom stereocenters. The van der Waals surface area contributed by atoms with E-state index in [4.69, 9.17) is 28.4 Å². The van der Waals surface area contributed by atoms with Crippen LogP contribution in [-0.2, 0) is 33.5 Å². The highest BCUT2D eigenvalue weighted by Crippen LogP contribution is 2.41. The van der Waals surface area contributed by atoms with E-state index in [-0.39, 0.29) is 102 Å². The lowest BCUT2D eigenvalue weighted by atomic mass is 9.91. The predicted octanol–water partition coefficient (Wildman–Crippen LogP) is 14.9. The SMILES string of the molecule is CCOC(=O)c1cc(-c2ccc(F)cc2F)c2c(n1)OC(C(C)C)CC2.CCOC(=O)c1cc(-c2ccc(F)cc2F)c2c(n1)O[C@@H](C(C)C)CC2.CCOC(=O)c1cc(-c2ccc(F)cc2F)c2c(n1)O[C@H](C(C)C)CC2.CSF. The Morgan fingerprint density at radius 1 is 0.469 bits per heavy atom. The average Bonchev–Trinajstić information content (AvgIpc) is 3.45. The van der Waals surface area contributed by atoms with Gasteiger partial charge in [0.2, 0.25) is 17.6 Å². The molecular formula is C61H66F7N3O9S. The predicted molar refractivity (Wildman–Crippen MR) is 294 cm³/mol. The first-order valence-corrected chi connectivity index (χ1v) is 27.9. The first-order chi connectivity index (χ1) is 38.6. The van der Waals surface area contributed by atoms with Crippen molar-refractivity contribution in [2.24, 2.45) is 17.8 Å². The normalized spacial score (nSPS) is 15.8. The van der Waals surface area contributed by atoms with Gasteiger partial charge in [0.05, 0.1) is 19.8 Å². The Hall–Kier alpha value is -7.22. The summed E-state index contributed by atoms with van der Waals surface area (Å²) < 4.78 is 126. The maximum atomic E-state index is 14.4. The summed E-state index contributed by atoms with van der Waals surface area (Å²) in [6, 6.07) is 14.6. The Labute approximate surface area is 471 Å². The number of halogens is 7. The Balaban J connectivity index is 0.000000191. The highest BCUT2D eigenvalue weighted by atomic mass is 32.2. The standard InChI is InChI=1S/3C20H21F2NO3.CH3FS/c3*1-4-25-20(24)17-10-15(13-6-5-12(21)9-16(13)22)14-7-8-18(11(2)3)26-19(14)23-17;1-3-2/h3*5-6,9-11,18H,4,7-8H2,1-3H3;1H3/t2*18-;;/m10../s1. The van der Waals surface area contributed by atoms with Crippen LogP contribution in [0.2, 0.25) is 0 Å². The number of nitrogens with zero attached hydrogens (tertiary/aromatic N) is 3. The van der Waals surface area contributed by atoms with Crippen LogP contribution in [0.1, 0.15) is 130 Å². The van der Waals surface area contributed by atoms with Crippen LogP contribution in [0.25, 0.3) is 33.4 Å². The van der Waals surface area contributed by atoms with E-state index in [9.17, 15) is 44.6 Å². The molecule has 81 heavy (non-hydrogen) atoms. The fourth-order valence-electron chi connectivity index (χ4n) is 9.31. The first-order valence-electron chi connectivity index (χ1n) is 26.8. The van der Waals surface area contributed by atoms with Gasteiger partial charge in [-0.1, -0.05) is 41.5 Å². The molecule has 0 fully saturated rings. The molecule has 434 valence electrons. The summed E-state index contributed by atoms with van der Waals surface area (Å²) in [5, 5.41) is 0. The summed E-state index contributed by atoms with van der Waals surface area (Å²) in [6.07, 6.45) is 5.50. The summed E-state index contributed by atoms with van der Waals surface area (Å²) >= 11 is 0.250. The van der Waals surface area contributed by atoms with E-state index in [0.717, 1.165) is 54.2 Å². The Bertz CT molecular complexity index is 2870. The minimum atomic E-state index is -0.695. The maximum absolute atomic E-state index is 14.4. The van der Waals surface area contributed by atoms with Gasteiger partial charge in [-0.2, -0.15) is 3.89 Å². The summed E-state index contributed by atoms with van der Waals surface area (Å²) in [5.41, 5.74) is 4.40. The van der Waals surface area contributed by atoms with Crippen LogP contribution in [0.3, 0.4) is 0 Å². The Kier molecular flexibility index (Phi) is 22.5. The van der Waals surface area contributed by atoms with Crippen LogP contribution in [0.4, 0.5) is 30.2 Å². The van der Waals surface area contributed by atoms with Gasteiger partial charge in [0.15, 0.2) is 17.1 Å². The lowest BCUT2D eigenvalue weighted by Gasteiger charge is -2.29. The second-order valence-corrected chi connectivity index (χ2v) is 20.3. The van der Waals surface area contributed by atoms with Crippen molar-refractivity contribution in [3.63, 3.8) is 0 Å². The topological polar surface area (TPSA) is 145 Å². The molecule has 0 amide bonds. The zero-order chi connectivity index (χ0) is 59.2. The monoisotopic (exact) mass is 1150 g/mol. The molecule has 6 aromatic rings. The van der Waals surface area contributed by atoms with Gasteiger partial charge in [0, 0.05) is 70.0 Å². The van der Waals surface area contributed by atoms with Crippen molar-refractivity contribution in [3.8, 4) is 51.0 Å². The summed E-state index contributed by atoms with van der Waals surface area (Å²) in [5.74, 6) is -4.07. The number of carbonyl (C=O) groups excluding carboxylic acids is 3. The highest BCUT2D eigenvalue weighted by molar-refractivity contribution is 7.93. The molecule has 0 aliphatic carbocycles. The van der Waals surface area contributed by atoms with Gasteiger partial charge in [-0.05, 0) is 148 Å². The van der Waals surface area contributed by atoms with Crippen molar-refractivity contribution in [1.82, 2.24) is 15.0 Å². The summed E-state index contributed by atoms with van der Waals surface area (Å²) in [7, 11) is 0. The third-order valence-electron chi connectivity index (χ3n) is 13.4. The zero-order valence-corrected chi connectivity index (χ0v) is 47.6. The third-order valence-corrected chi connectivity index (χ3v) is 13.4. The molecule has 3 atom stereocenters. The molecular weight excluding hydrogens is 1080 g/mol. The number of fused-ring (bicyclic) bond motifs is 3. The number of hydrogen-bond acceptors (Lipinski definition) is 13.